The monoisotopic (exact) mass is 259 g/mol. The second kappa shape index (κ2) is 4.27. The summed E-state index contributed by atoms with van der Waals surface area (Å²) in [4.78, 5) is 0. The standard InChI is InChI=1S/C10H11BrClN/c1-6(2)10(13)7-3-8(11)5-9(12)4-7/h3-5,10H,1,13H2,2H3. The van der Waals surface area contributed by atoms with E-state index in [1.165, 1.54) is 0 Å². The van der Waals surface area contributed by atoms with Crippen LogP contribution in [0.25, 0.3) is 0 Å². The van der Waals surface area contributed by atoms with Gasteiger partial charge in [-0.15, -0.1) is 0 Å². The number of rotatable bonds is 2. The lowest BCUT2D eigenvalue weighted by atomic mass is 10.0. The SMILES string of the molecule is C=C(C)C(N)c1cc(Cl)cc(Br)c1. The quantitative estimate of drug-likeness (QED) is 0.807. The summed E-state index contributed by atoms with van der Waals surface area (Å²) >= 11 is 9.24. The lowest BCUT2D eigenvalue weighted by Gasteiger charge is -2.12. The fraction of sp³-hybridized carbons (Fsp3) is 0.200. The van der Waals surface area contributed by atoms with E-state index in [0.29, 0.717) is 5.02 Å². The molecule has 0 amide bonds. The van der Waals surface area contributed by atoms with E-state index >= 15 is 0 Å². The summed E-state index contributed by atoms with van der Waals surface area (Å²) in [6, 6.07) is 5.49. The van der Waals surface area contributed by atoms with Gasteiger partial charge in [0, 0.05) is 9.50 Å². The Morgan fingerprint density at radius 3 is 2.62 bits per heavy atom. The molecule has 1 aromatic rings. The van der Waals surface area contributed by atoms with E-state index in [-0.39, 0.29) is 6.04 Å². The molecular formula is C10H11BrClN. The Morgan fingerprint density at radius 2 is 2.15 bits per heavy atom. The first-order valence-electron chi connectivity index (χ1n) is 3.87. The molecule has 0 aliphatic rings. The predicted molar refractivity (Wildman–Crippen MR) is 60.9 cm³/mol. The number of hydrogen-bond acceptors (Lipinski definition) is 1. The van der Waals surface area contributed by atoms with Crippen LogP contribution in [0.15, 0.2) is 34.8 Å². The molecule has 0 saturated carbocycles. The van der Waals surface area contributed by atoms with Crippen molar-refractivity contribution < 1.29 is 0 Å². The Morgan fingerprint density at radius 1 is 1.54 bits per heavy atom. The van der Waals surface area contributed by atoms with E-state index in [2.05, 4.69) is 22.5 Å². The normalized spacial score (nSPS) is 12.6. The van der Waals surface area contributed by atoms with Gasteiger partial charge in [0.05, 0.1) is 6.04 Å². The molecule has 1 atom stereocenters. The van der Waals surface area contributed by atoms with Crippen molar-refractivity contribution in [1.82, 2.24) is 0 Å². The molecule has 0 bridgehead atoms. The molecule has 1 nitrogen and oxygen atoms in total. The van der Waals surface area contributed by atoms with Gasteiger partial charge in [-0.2, -0.15) is 0 Å². The lowest BCUT2D eigenvalue weighted by Crippen LogP contribution is -2.10. The van der Waals surface area contributed by atoms with Crippen molar-refractivity contribution in [1.29, 1.82) is 0 Å². The fourth-order valence-electron chi connectivity index (χ4n) is 1.04. The number of nitrogens with two attached hydrogens (primary N) is 1. The van der Waals surface area contributed by atoms with Crippen LogP contribution in [0.4, 0.5) is 0 Å². The van der Waals surface area contributed by atoms with Gasteiger partial charge in [-0.1, -0.05) is 39.7 Å². The van der Waals surface area contributed by atoms with Crippen molar-refractivity contribution in [2.75, 3.05) is 0 Å². The molecule has 0 heterocycles. The molecular weight excluding hydrogens is 249 g/mol. The molecule has 13 heavy (non-hydrogen) atoms. The zero-order chi connectivity index (χ0) is 10.0. The molecule has 1 unspecified atom stereocenters. The maximum Gasteiger partial charge on any atom is 0.0506 e. The Labute approximate surface area is 91.7 Å². The first-order valence-corrected chi connectivity index (χ1v) is 5.05. The van der Waals surface area contributed by atoms with Crippen molar-refractivity contribution >= 4 is 27.5 Å². The largest absolute Gasteiger partial charge is 0.321 e. The van der Waals surface area contributed by atoms with E-state index in [1.807, 2.05) is 25.1 Å². The minimum Gasteiger partial charge on any atom is -0.321 e. The van der Waals surface area contributed by atoms with Crippen LogP contribution in [0.5, 0.6) is 0 Å². The van der Waals surface area contributed by atoms with Crippen LogP contribution in [0, 0.1) is 0 Å². The third-order valence-electron chi connectivity index (χ3n) is 1.77. The van der Waals surface area contributed by atoms with Gasteiger partial charge in [0.25, 0.3) is 0 Å². The van der Waals surface area contributed by atoms with Crippen molar-refractivity contribution in [3.63, 3.8) is 0 Å². The van der Waals surface area contributed by atoms with Crippen LogP contribution in [0.3, 0.4) is 0 Å². The highest BCUT2D eigenvalue weighted by Crippen LogP contribution is 2.25. The molecule has 0 spiro atoms. The molecule has 1 rings (SSSR count). The second-order valence-corrected chi connectivity index (χ2v) is 4.38. The molecule has 0 aliphatic heterocycles. The van der Waals surface area contributed by atoms with Crippen molar-refractivity contribution in [2.24, 2.45) is 5.73 Å². The van der Waals surface area contributed by atoms with Gasteiger partial charge < -0.3 is 5.73 Å². The maximum absolute atomic E-state index is 5.90. The molecule has 0 saturated heterocycles. The van der Waals surface area contributed by atoms with Crippen molar-refractivity contribution in [2.45, 2.75) is 13.0 Å². The average molecular weight is 261 g/mol. The summed E-state index contributed by atoms with van der Waals surface area (Å²) in [5, 5.41) is 0.682. The minimum atomic E-state index is -0.144. The Balaban J connectivity index is 3.07. The molecule has 3 heteroatoms. The molecule has 2 N–H and O–H groups in total. The topological polar surface area (TPSA) is 26.0 Å². The van der Waals surface area contributed by atoms with Gasteiger partial charge in [-0.05, 0) is 30.7 Å². The average Bonchev–Trinajstić information content (AvgIpc) is 2.01. The van der Waals surface area contributed by atoms with E-state index in [1.54, 1.807) is 0 Å². The van der Waals surface area contributed by atoms with E-state index in [9.17, 15) is 0 Å². The molecule has 0 fully saturated rings. The van der Waals surface area contributed by atoms with Crippen LogP contribution in [0.2, 0.25) is 5.02 Å². The highest BCUT2D eigenvalue weighted by atomic mass is 79.9. The first-order chi connectivity index (χ1) is 6.00. The van der Waals surface area contributed by atoms with Gasteiger partial charge >= 0.3 is 0 Å². The molecule has 0 aliphatic carbocycles. The van der Waals surface area contributed by atoms with Gasteiger partial charge in [0.2, 0.25) is 0 Å². The van der Waals surface area contributed by atoms with Crippen molar-refractivity contribution in [3.05, 3.63) is 45.4 Å². The predicted octanol–water partition coefficient (Wildman–Crippen LogP) is 3.68. The summed E-state index contributed by atoms with van der Waals surface area (Å²) in [6.45, 7) is 5.71. The summed E-state index contributed by atoms with van der Waals surface area (Å²) < 4.78 is 0.937. The number of hydrogen-bond donors (Lipinski definition) is 1. The van der Waals surface area contributed by atoms with Crippen LogP contribution in [-0.2, 0) is 0 Å². The highest BCUT2D eigenvalue weighted by Gasteiger charge is 2.07. The zero-order valence-electron chi connectivity index (χ0n) is 7.35. The minimum absolute atomic E-state index is 0.144. The Kier molecular flexibility index (Phi) is 3.54. The zero-order valence-corrected chi connectivity index (χ0v) is 9.69. The Bertz CT molecular complexity index is 315. The molecule has 0 radical (unpaired) electrons. The first kappa shape index (κ1) is 10.8. The lowest BCUT2D eigenvalue weighted by molar-refractivity contribution is 0.850. The molecule has 1 aromatic carbocycles. The molecule has 0 aromatic heterocycles. The van der Waals surface area contributed by atoms with Gasteiger partial charge in [-0.25, -0.2) is 0 Å². The summed E-state index contributed by atoms with van der Waals surface area (Å²) in [7, 11) is 0. The smallest absolute Gasteiger partial charge is 0.0506 e. The van der Waals surface area contributed by atoms with Crippen LogP contribution in [-0.4, -0.2) is 0 Å². The third-order valence-corrected chi connectivity index (χ3v) is 2.45. The van der Waals surface area contributed by atoms with Crippen LogP contribution in [0.1, 0.15) is 18.5 Å². The van der Waals surface area contributed by atoms with Crippen LogP contribution >= 0.6 is 27.5 Å². The van der Waals surface area contributed by atoms with Gasteiger partial charge in [-0.3, -0.25) is 0 Å². The van der Waals surface area contributed by atoms with E-state index < -0.39 is 0 Å². The molecule has 70 valence electrons. The summed E-state index contributed by atoms with van der Waals surface area (Å²) in [6.07, 6.45) is 0. The number of halogens is 2. The summed E-state index contributed by atoms with van der Waals surface area (Å²) in [5.74, 6) is 0. The van der Waals surface area contributed by atoms with Crippen LogP contribution < -0.4 is 5.73 Å². The third kappa shape index (κ3) is 2.83. The summed E-state index contributed by atoms with van der Waals surface area (Å²) in [5.41, 5.74) is 7.80. The maximum atomic E-state index is 5.90. The Hall–Kier alpha value is -0.310. The van der Waals surface area contributed by atoms with Crippen molar-refractivity contribution in [3.8, 4) is 0 Å². The number of benzene rings is 1. The highest BCUT2D eigenvalue weighted by molar-refractivity contribution is 9.10. The van der Waals surface area contributed by atoms with Gasteiger partial charge in [0.1, 0.15) is 0 Å². The second-order valence-electron chi connectivity index (χ2n) is 3.03. The van der Waals surface area contributed by atoms with E-state index in [4.69, 9.17) is 17.3 Å². The van der Waals surface area contributed by atoms with E-state index in [0.717, 1.165) is 15.6 Å². The fourth-order valence-corrected chi connectivity index (χ4v) is 1.93. The van der Waals surface area contributed by atoms with Gasteiger partial charge in [0.15, 0.2) is 0 Å².